The van der Waals surface area contributed by atoms with Gasteiger partial charge in [-0.1, -0.05) is 69.3 Å². The second-order valence-electron chi connectivity index (χ2n) is 8.93. The second-order valence-corrected chi connectivity index (χ2v) is 8.93. The van der Waals surface area contributed by atoms with Crippen LogP contribution in [0.15, 0.2) is 72.8 Å². The highest BCUT2D eigenvalue weighted by Crippen LogP contribution is 2.37. The normalized spacial score (nSPS) is 13.0. The van der Waals surface area contributed by atoms with Crippen LogP contribution in [0.25, 0.3) is 16.7 Å². The largest absolute Gasteiger partial charge is 0.322 e. The number of allylic oxidation sites excluding steroid dienone is 2. The molecule has 0 aromatic heterocycles. The van der Waals surface area contributed by atoms with Crippen molar-refractivity contribution in [3.63, 3.8) is 0 Å². The summed E-state index contributed by atoms with van der Waals surface area (Å²) in [5, 5.41) is 3.05. The molecule has 146 valence electrons. The lowest BCUT2D eigenvalue weighted by Gasteiger charge is -2.14. The average Bonchev–Trinajstić information content (AvgIpc) is 3.04. The number of benzene rings is 3. The highest BCUT2D eigenvalue weighted by Gasteiger charge is 2.18. The average molecular weight is 382 g/mol. The zero-order valence-corrected chi connectivity index (χ0v) is 17.5. The summed E-state index contributed by atoms with van der Waals surface area (Å²) in [5.74, 6) is -0.0792. The van der Waals surface area contributed by atoms with E-state index in [9.17, 15) is 4.79 Å². The van der Waals surface area contributed by atoms with Gasteiger partial charge in [0.25, 0.3) is 5.91 Å². The van der Waals surface area contributed by atoms with Gasteiger partial charge in [-0.15, -0.1) is 0 Å². The van der Waals surface area contributed by atoms with Crippen molar-refractivity contribution in [2.45, 2.75) is 34.1 Å². The predicted octanol–water partition coefficient (Wildman–Crippen LogP) is 6.96. The number of carbonyl (C=O) groups excluding carboxylic acids is 1. The summed E-state index contributed by atoms with van der Waals surface area (Å²) in [5.41, 5.74) is 9.19. The molecule has 4 rings (SSSR count). The molecule has 0 heterocycles. The van der Waals surface area contributed by atoms with E-state index in [0.717, 1.165) is 17.7 Å². The molecule has 0 saturated heterocycles. The molecule has 0 unspecified atom stereocenters. The standard InChI is InChI=1S/C27H27NO/c1-18(17-27(2,3)4)19-9-11-20(12-10-19)26(29)28-23-13-14-25-22(16-23)15-21-7-5-6-8-24(21)25/h5-14,16-17H,15H2,1-4H3,(H,28,29)/b18-17+. The number of hydrogen-bond acceptors (Lipinski definition) is 1. The predicted molar refractivity (Wildman–Crippen MR) is 122 cm³/mol. The maximum atomic E-state index is 12.7. The summed E-state index contributed by atoms with van der Waals surface area (Å²) >= 11 is 0. The van der Waals surface area contributed by atoms with Gasteiger partial charge in [-0.3, -0.25) is 4.79 Å². The van der Waals surface area contributed by atoms with E-state index in [2.05, 4.69) is 75.5 Å². The van der Waals surface area contributed by atoms with Gasteiger partial charge in [0, 0.05) is 11.3 Å². The van der Waals surface area contributed by atoms with Crippen LogP contribution < -0.4 is 5.32 Å². The molecule has 1 aliphatic rings. The number of rotatable bonds is 3. The first-order valence-electron chi connectivity index (χ1n) is 10.1. The molecule has 0 saturated carbocycles. The molecule has 0 radical (unpaired) electrons. The molecule has 0 atom stereocenters. The highest BCUT2D eigenvalue weighted by molar-refractivity contribution is 6.04. The van der Waals surface area contributed by atoms with Gasteiger partial charge in [-0.2, -0.15) is 0 Å². The Bertz CT molecular complexity index is 1100. The van der Waals surface area contributed by atoms with Crippen LogP contribution in [-0.4, -0.2) is 5.91 Å². The van der Waals surface area contributed by atoms with Crippen LogP contribution in [0, 0.1) is 5.41 Å². The summed E-state index contributed by atoms with van der Waals surface area (Å²) in [6, 6.07) is 22.5. The smallest absolute Gasteiger partial charge is 0.255 e. The van der Waals surface area contributed by atoms with Crippen molar-refractivity contribution in [1.82, 2.24) is 0 Å². The summed E-state index contributed by atoms with van der Waals surface area (Å²) in [6.07, 6.45) is 3.17. The fraction of sp³-hybridized carbons (Fsp3) is 0.222. The molecule has 29 heavy (non-hydrogen) atoms. The fourth-order valence-electron chi connectivity index (χ4n) is 4.04. The summed E-state index contributed by atoms with van der Waals surface area (Å²) < 4.78 is 0. The molecule has 0 fully saturated rings. The molecule has 0 spiro atoms. The molecule has 0 bridgehead atoms. The van der Waals surface area contributed by atoms with E-state index in [4.69, 9.17) is 0 Å². The first kappa shape index (κ1) is 19.2. The molecule has 2 heteroatoms. The van der Waals surface area contributed by atoms with Gasteiger partial charge in [0.05, 0.1) is 0 Å². The molecule has 1 N–H and O–H groups in total. The molecule has 2 nitrogen and oxygen atoms in total. The van der Waals surface area contributed by atoms with Gasteiger partial charge in [0.15, 0.2) is 0 Å². The Kier molecular flexibility index (Phi) is 4.87. The SMILES string of the molecule is C/C(=C\C(C)(C)C)c1ccc(C(=O)Nc2ccc3c(c2)Cc2ccccc2-3)cc1. The summed E-state index contributed by atoms with van der Waals surface area (Å²) in [7, 11) is 0. The Labute approximate surface area is 173 Å². The number of fused-ring (bicyclic) bond motifs is 3. The molecule has 0 aliphatic heterocycles. The van der Waals surface area contributed by atoms with E-state index in [-0.39, 0.29) is 11.3 Å². The number of carbonyl (C=O) groups is 1. The van der Waals surface area contributed by atoms with Crippen molar-refractivity contribution >= 4 is 17.2 Å². The first-order valence-corrected chi connectivity index (χ1v) is 10.1. The van der Waals surface area contributed by atoms with Crippen LogP contribution in [0.1, 0.15) is 54.7 Å². The maximum absolute atomic E-state index is 12.7. The van der Waals surface area contributed by atoms with Crippen LogP contribution in [0.3, 0.4) is 0 Å². The van der Waals surface area contributed by atoms with Gasteiger partial charge in [-0.05, 0) is 76.4 Å². The zero-order chi connectivity index (χ0) is 20.6. The van der Waals surface area contributed by atoms with Crippen molar-refractivity contribution in [1.29, 1.82) is 0 Å². The van der Waals surface area contributed by atoms with Crippen molar-refractivity contribution in [2.75, 3.05) is 5.32 Å². The van der Waals surface area contributed by atoms with Crippen molar-refractivity contribution < 1.29 is 4.79 Å². The van der Waals surface area contributed by atoms with E-state index in [1.54, 1.807) is 0 Å². The summed E-state index contributed by atoms with van der Waals surface area (Å²) in [4.78, 5) is 12.7. The minimum Gasteiger partial charge on any atom is -0.322 e. The zero-order valence-electron chi connectivity index (χ0n) is 17.5. The number of amides is 1. The third kappa shape index (κ3) is 4.17. The number of anilines is 1. The quantitative estimate of drug-likeness (QED) is 0.408. The monoisotopic (exact) mass is 381 g/mol. The van der Waals surface area contributed by atoms with E-state index >= 15 is 0 Å². The Morgan fingerprint density at radius 1 is 0.862 bits per heavy atom. The fourth-order valence-corrected chi connectivity index (χ4v) is 4.04. The topological polar surface area (TPSA) is 29.1 Å². The Balaban J connectivity index is 1.49. The third-order valence-corrected chi connectivity index (χ3v) is 5.30. The van der Waals surface area contributed by atoms with E-state index in [1.807, 2.05) is 30.3 Å². The van der Waals surface area contributed by atoms with Crippen molar-refractivity contribution in [2.24, 2.45) is 5.41 Å². The minimum absolute atomic E-state index is 0.0792. The van der Waals surface area contributed by atoms with Gasteiger partial charge in [0.1, 0.15) is 0 Å². The molecule has 3 aromatic carbocycles. The minimum atomic E-state index is -0.0792. The van der Waals surface area contributed by atoms with Crippen molar-refractivity contribution in [3.8, 4) is 11.1 Å². The Morgan fingerprint density at radius 2 is 1.52 bits per heavy atom. The van der Waals surface area contributed by atoms with Gasteiger partial charge in [-0.25, -0.2) is 0 Å². The van der Waals surface area contributed by atoms with Crippen LogP contribution >= 0.6 is 0 Å². The molecular formula is C27H27NO. The highest BCUT2D eigenvalue weighted by atomic mass is 16.1. The van der Waals surface area contributed by atoms with E-state index < -0.39 is 0 Å². The van der Waals surface area contributed by atoms with Gasteiger partial charge < -0.3 is 5.32 Å². The lowest BCUT2D eigenvalue weighted by Crippen LogP contribution is -2.12. The van der Waals surface area contributed by atoms with Gasteiger partial charge in [0.2, 0.25) is 0 Å². The lowest BCUT2D eigenvalue weighted by molar-refractivity contribution is 0.102. The third-order valence-electron chi connectivity index (χ3n) is 5.30. The lowest BCUT2D eigenvalue weighted by atomic mass is 9.91. The van der Waals surface area contributed by atoms with Crippen LogP contribution in [0.4, 0.5) is 5.69 Å². The van der Waals surface area contributed by atoms with Crippen molar-refractivity contribution in [3.05, 3.63) is 95.1 Å². The Hall–Kier alpha value is -3.13. The first-order chi connectivity index (χ1) is 13.8. The summed E-state index contributed by atoms with van der Waals surface area (Å²) in [6.45, 7) is 8.68. The van der Waals surface area contributed by atoms with Crippen LogP contribution in [0.5, 0.6) is 0 Å². The second kappa shape index (κ2) is 7.36. The Morgan fingerprint density at radius 3 is 2.24 bits per heavy atom. The van der Waals surface area contributed by atoms with E-state index in [0.29, 0.717) is 5.56 Å². The number of hydrogen-bond donors (Lipinski definition) is 1. The molecule has 3 aromatic rings. The molecule has 1 amide bonds. The van der Waals surface area contributed by atoms with E-state index in [1.165, 1.54) is 27.8 Å². The number of nitrogens with one attached hydrogen (secondary N) is 1. The molecule has 1 aliphatic carbocycles. The molecular weight excluding hydrogens is 354 g/mol. The van der Waals surface area contributed by atoms with Crippen LogP contribution in [-0.2, 0) is 6.42 Å². The maximum Gasteiger partial charge on any atom is 0.255 e. The van der Waals surface area contributed by atoms with Crippen LogP contribution in [0.2, 0.25) is 0 Å². The van der Waals surface area contributed by atoms with Gasteiger partial charge >= 0.3 is 0 Å².